The van der Waals surface area contributed by atoms with Gasteiger partial charge in [0.2, 0.25) is 0 Å². The number of likely N-dealkylation sites (tertiary alicyclic amines) is 1. The van der Waals surface area contributed by atoms with Crippen LogP contribution >= 0.6 is 0 Å². The average Bonchev–Trinajstić information content (AvgIpc) is 2.37. The standard InChI is InChI=1S/C16H25NO/c1-16(2,3)17-11-9-15(10-12-17)18-13-14-7-5-4-6-8-14/h4-8,15H,9-13H2,1-3H3. The van der Waals surface area contributed by atoms with Crippen molar-refractivity contribution in [2.24, 2.45) is 0 Å². The van der Waals surface area contributed by atoms with Gasteiger partial charge in [0.25, 0.3) is 0 Å². The first kappa shape index (κ1) is 13.6. The van der Waals surface area contributed by atoms with Gasteiger partial charge >= 0.3 is 0 Å². The van der Waals surface area contributed by atoms with Crippen molar-refractivity contribution < 1.29 is 4.74 Å². The molecular weight excluding hydrogens is 222 g/mol. The second-order valence-corrected chi connectivity index (χ2v) is 6.15. The number of hydrogen-bond acceptors (Lipinski definition) is 2. The van der Waals surface area contributed by atoms with Gasteiger partial charge in [0.1, 0.15) is 0 Å². The largest absolute Gasteiger partial charge is 0.373 e. The van der Waals surface area contributed by atoms with Gasteiger partial charge in [-0.15, -0.1) is 0 Å². The topological polar surface area (TPSA) is 12.5 Å². The van der Waals surface area contributed by atoms with Crippen molar-refractivity contribution in [1.29, 1.82) is 0 Å². The lowest BCUT2D eigenvalue weighted by Gasteiger charge is -2.40. The second kappa shape index (κ2) is 5.85. The molecule has 0 atom stereocenters. The Kier molecular flexibility index (Phi) is 4.41. The van der Waals surface area contributed by atoms with E-state index >= 15 is 0 Å². The van der Waals surface area contributed by atoms with Crippen molar-refractivity contribution in [3.05, 3.63) is 35.9 Å². The molecule has 1 aliphatic heterocycles. The Bertz CT molecular complexity index is 347. The fraction of sp³-hybridized carbons (Fsp3) is 0.625. The minimum absolute atomic E-state index is 0.296. The van der Waals surface area contributed by atoms with E-state index in [-0.39, 0.29) is 0 Å². The molecule has 1 saturated heterocycles. The maximum Gasteiger partial charge on any atom is 0.0720 e. The maximum absolute atomic E-state index is 6.00. The molecule has 0 bridgehead atoms. The lowest BCUT2D eigenvalue weighted by atomic mass is 9.99. The average molecular weight is 247 g/mol. The van der Waals surface area contributed by atoms with E-state index in [0.717, 1.165) is 32.5 Å². The molecule has 2 heteroatoms. The van der Waals surface area contributed by atoms with Crippen molar-refractivity contribution in [2.45, 2.75) is 51.9 Å². The van der Waals surface area contributed by atoms with Gasteiger partial charge in [-0.1, -0.05) is 30.3 Å². The third kappa shape index (κ3) is 3.82. The van der Waals surface area contributed by atoms with Crippen LogP contribution in [-0.2, 0) is 11.3 Å². The van der Waals surface area contributed by atoms with E-state index in [9.17, 15) is 0 Å². The Labute approximate surface area is 111 Å². The maximum atomic E-state index is 6.00. The van der Waals surface area contributed by atoms with Gasteiger partial charge in [0, 0.05) is 18.6 Å². The highest BCUT2D eigenvalue weighted by atomic mass is 16.5. The van der Waals surface area contributed by atoms with Gasteiger partial charge in [-0.2, -0.15) is 0 Å². The number of piperidine rings is 1. The SMILES string of the molecule is CC(C)(C)N1CCC(OCc2ccccc2)CC1. The van der Waals surface area contributed by atoms with Crippen LogP contribution in [0.3, 0.4) is 0 Å². The second-order valence-electron chi connectivity index (χ2n) is 6.15. The lowest BCUT2D eigenvalue weighted by molar-refractivity contribution is -0.0208. The number of ether oxygens (including phenoxy) is 1. The Morgan fingerprint density at radius 3 is 2.28 bits per heavy atom. The Morgan fingerprint density at radius 2 is 1.72 bits per heavy atom. The first-order valence-electron chi connectivity index (χ1n) is 6.96. The number of hydrogen-bond donors (Lipinski definition) is 0. The monoisotopic (exact) mass is 247 g/mol. The number of rotatable bonds is 3. The molecule has 0 aliphatic carbocycles. The zero-order valence-corrected chi connectivity index (χ0v) is 11.9. The fourth-order valence-electron chi connectivity index (χ4n) is 2.48. The van der Waals surface area contributed by atoms with Crippen LogP contribution in [0, 0.1) is 0 Å². The van der Waals surface area contributed by atoms with Gasteiger partial charge in [0.15, 0.2) is 0 Å². The predicted molar refractivity (Wildman–Crippen MR) is 75.6 cm³/mol. The molecule has 1 aliphatic rings. The van der Waals surface area contributed by atoms with Crippen LogP contribution in [0.15, 0.2) is 30.3 Å². The van der Waals surface area contributed by atoms with E-state index in [0.29, 0.717) is 11.6 Å². The zero-order valence-electron chi connectivity index (χ0n) is 11.9. The molecule has 1 aromatic rings. The van der Waals surface area contributed by atoms with Crippen LogP contribution in [0.1, 0.15) is 39.2 Å². The van der Waals surface area contributed by atoms with E-state index in [1.54, 1.807) is 0 Å². The molecule has 1 heterocycles. The number of nitrogens with zero attached hydrogens (tertiary/aromatic N) is 1. The van der Waals surface area contributed by atoms with Crippen molar-refractivity contribution >= 4 is 0 Å². The van der Waals surface area contributed by atoms with Gasteiger partial charge in [-0.25, -0.2) is 0 Å². The summed E-state index contributed by atoms with van der Waals surface area (Å²) in [6, 6.07) is 10.4. The third-order valence-electron chi connectivity index (χ3n) is 3.72. The zero-order chi connectivity index (χ0) is 13.0. The molecule has 1 fully saturated rings. The molecule has 0 N–H and O–H groups in total. The van der Waals surface area contributed by atoms with Crippen molar-refractivity contribution in [2.75, 3.05) is 13.1 Å². The molecule has 0 unspecified atom stereocenters. The minimum Gasteiger partial charge on any atom is -0.373 e. The van der Waals surface area contributed by atoms with E-state index < -0.39 is 0 Å². The predicted octanol–water partition coefficient (Wildman–Crippen LogP) is 3.47. The third-order valence-corrected chi connectivity index (χ3v) is 3.72. The van der Waals surface area contributed by atoms with Crippen LogP contribution in [-0.4, -0.2) is 29.6 Å². The molecule has 2 nitrogen and oxygen atoms in total. The molecule has 0 radical (unpaired) electrons. The molecule has 18 heavy (non-hydrogen) atoms. The quantitative estimate of drug-likeness (QED) is 0.811. The summed E-state index contributed by atoms with van der Waals surface area (Å²) in [6.07, 6.45) is 2.75. The summed E-state index contributed by atoms with van der Waals surface area (Å²) >= 11 is 0. The van der Waals surface area contributed by atoms with Crippen molar-refractivity contribution in [1.82, 2.24) is 4.90 Å². The van der Waals surface area contributed by atoms with Gasteiger partial charge in [0.05, 0.1) is 12.7 Å². The smallest absolute Gasteiger partial charge is 0.0720 e. The summed E-state index contributed by atoms with van der Waals surface area (Å²) in [4.78, 5) is 2.55. The first-order valence-corrected chi connectivity index (χ1v) is 6.96. The van der Waals surface area contributed by atoms with E-state index in [1.807, 2.05) is 6.07 Å². The fourth-order valence-corrected chi connectivity index (χ4v) is 2.48. The molecule has 1 aromatic carbocycles. The first-order chi connectivity index (χ1) is 8.55. The van der Waals surface area contributed by atoms with E-state index in [1.165, 1.54) is 5.56 Å². The van der Waals surface area contributed by atoms with Gasteiger partial charge < -0.3 is 4.74 Å². The lowest BCUT2D eigenvalue weighted by Crippen LogP contribution is -2.47. The van der Waals surface area contributed by atoms with Crippen LogP contribution in [0.4, 0.5) is 0 Å². The van der Waals surface area contributed by atoms with Crippen LogP contribution < -0.4 is 0 Å². The highest BCUT2D eigenvalue weighted by molar-refractivity contribution is 5.13. The highest BCUT2D eigenvalue weighted by Gasteiger charge is 2.27. The molecule has 0 aromatic heterocycles. The Balaban J connectivity index is 1.74. The molecular formula is C16H25NO. The van der Waals surface area contributed by atoms with Crippen LogP contribution in [0.5, 0.6) is 0 Å². The minimum atomic E-state index is 0.296. The summed E-state index contributed by atoms with van der Waals surface area (Å²) in [6.45, 7) is 9.93. The molecule has 2 rings (SSSR count). The molecule has 0 saturated carbocycles. The summed E-state index contributed by atoms with van der Waals surface area (Å²) in [5.74, 6) is 0. The normalized spacial score (nSPS) is 19.1. The van der Waals surface area contributed by atoms with Gasteiger partial charge in [-0.3, -0.25) is 4.90 Å². The Hall–Kier alpha value is -0.860. The van der Waals surface area contributed by atoms with Crippen molar-refractivity contribution in [3.63, 3.8) is 0 Å². The van der Waals surface area contributed by atoms with Gasteiger partial charge in [-0.05, 0) is 39.2 Å². The van der Waals surface area contributed by atoms with Crippen LogP contribution in [0.2, 0.25) is 0 Å². The molecule has 100 valence electrons. The molecule has 0 amide bonds. The summed E-state index contributed by atoms with van der Waals surface area (Å²) < 4.78 is 6.00. The summed E-state index contributed by atoms with van der Waals surface area (Å²) in [5, 5.41) is 0. The Morgan fingerprint density at radius 1 is 1.11 bits per heavy atom. The van der Waals surface area contributed by atoms with Crippen LogP contribution in [0.25, 0.3) is 0 Å². The molecule has 0 spiro atoms. The highest BCUT2D eigenvalue weighted by Crippen LogP contribution is 2.22. The van der Waals surface area contributed by atoms with E-state index in [4.69, 9.17) is 4.74 Å². The number of benzene rings is 1. The summed E-state index contributed by atoms with van der Waals surface area (Å²) in [7, 11) is 0. The van der Waals surface area contributed by atoms with E-state index in [2.05, 4.69) is 49.9 Å². The van der Waals surface area contributed by atoms with Crippen molar-refractivity contribution in [3.8, 4) is 0 Å². The summed E-state index contributed by atoms with van der Waals surface area (Å²) in [5.41, 5.74) is 1.57.